The zero-order valence-corrected chi connectivity index (χ0v) is 12.7. The van der Waals surface area contributed by atoms with Crippen molar-refractivity contribution >= 4 is 0 Å². The van der Waals surface area contributed by atoms with Crippen molar-refractivity contribution in [2.24, 2.45) is 11.1 Å². The second-order valence-electron chi connectivity index (χ2n) is 6.38. The first kappa shape index (κ1) is 15.2. The molecule has 1 unspecified atom stereocenters. The van der Waals surface area contributed by atoms with E-state index in [4.69, 9.17) is 5.73 Å². The average Bonchev–Trinajstić information content (AvgIpc) is 2.28. The summed E-state index contributed by atoms with van der Waals surface area (Å²) in [6.07, 6.45) is 4.49. The minimum atomic E-state index is 0.175. The molecule has 1 aromatic rings. The molecule has 0 aromatic heterocycles. The van der Waals surface area contributed by atoms with Crippen LogP contribution in [-0.2, 0) is 19.3 Å². The van der Waals surface area contributed by atoms with E-state index in [0.717, 1.165) is 12.8 Å². The highest BCUT2D eigenvalue weighted by atomic mass is 14.7. The number of nitrogens with two attached hydrogens (primary N) is 1. The monoisotopic (exact) mass is 247 g/mol. The summed E-state index contributed by atoms with van der Waals surface area (Å²) in [6, 6.07) is 7.13. The van der Waals surface area contributed by atoms with E-state index in [1.807, 2.05) is 0 Å². The van der Waals surface area contributed by atoms with Gasteiger partial charge in [0.15, 0.2) is 0 Å². The van der Waals surface area contributed by atoms with Crippen molar-refractivity contribution in [2.45, 2.75) is 66.3 Å². The van der Waals surface area contributed by atoms with Gasteiger partial charge in [0.1, 0.15) is 0 Å². The fraction of sp³-hybridized carbons (Fsp3) is 0.647. The summed E-state index contributed by atoms with van der Waals surface area (Å²) < 4.78 is 0. The standard InChI is InChI=1S/C17H29N/c1-6-8-15-11-13(9-10-14(15)7-2)12-16(18)17(3,4)5/h9-11,16H,6-8,12,18H2,1-5H3. The highest BCUT2D eigenvalue weighted by molar-refractivity contribution is 5.33. The maximum Gasteiger partial charge on any atom is 0.0128 e. The number of rotatable bonds is 5. The second-order valence-corrected chi connectivity index (χ2v) is 6.38. The Bertz CT molecular complexity index is 374. The van der Waals surface area contributed by atoms with Gasteiger partial charge in [-0.25, -0.2) is 0 Å². The van der Waals surface area contributed by atoms with Gasteiger partial charge in [-0.05, 0) is 41.4 Å². The van der Waals surface area contributed by atoms with Crippen molar-refractivity contribution in [2.75, 3.05) is 0 Å². The van der Waals surface area contributed by atoms with Crippen molar-refractivity contribution < 1.29 is 0 Å². The van der Waals surface area contributed by atoms with Gasteiger partial charge in [0, 0.05) is 6.04 Å². The number of hydrogen-bond acceptors (Lipinski definition) is 1. The van der Waals surface area contributed by atoms with E-state index in [1.165, 1.54) is 29.5 Å². The predicted molar refractivity (Wildman–Crippen MR) is 80.9 cm³/mol. The smallest absolute Gasteiger partial charge is 0.0128 e. The molecular formula is C17H29N. The van der Waals surface area contributed by atoms with Crippen molar-refractivity contribution in [1.29, 1.82) is 0 Å². The van der Waals surface area contributed by atoms with Gasteiger partial charge in [0.05, 0.1) is 0 Å². The molecule has 18 heavy (non-hydrogen) atoms. The lowest BCUT2D eigenvalue weighted by atomic mass is 9.83. The molecule has 0 spiro atoms. The van der Waals surface area contributed by atoms with Crippen LogP contribution < -0.4 is 5.73 Å². The van der Waals surface area contributed by atoms with Crippen molar-refractivity contribution in [3.05, 3.63) is 34.9 Å². The average molecular weight is 247 g/mol. The summed E-state index contributed by atoms with van der Waals surface area (Å²) in [6.45, 7) is 11.1. The van der Waals surface area contributed by atoms with Crippen molar-refractivity contribution in [3.8, 4) is 0 Å². The van der Waals surface area contributed by atoms with Crippen LogP contribution in [0.5, 0.6) is 0 Å². The summed E-state index contributed by atoms with van der Waals surface area (Å²) in [7, 11) is 0. The van der Waals surface area contributed by atoms with E-state index in [1.54, 1.807) is 0 Å². The molecule has 0 radical (unpaired) electrons. The highest BCUT2D eigenvalue weighted by Crippen LogP contribution is 2.22. The van der Waals surface area contributed by atoms with Gasteiger partial charge >= 0.3 is 0 Å². The Morgan fingerprint density at radius 1 is 1.11 bits per heavy atom. The van der Waals surface area contributed by atoms with Crippen LogP contribution in [0.4, 0.5) is 0 Å². The third-order valence-corrected chi connectivity index (χ3v) is 3.74. The summed E-state index contributed by atoms with van der Waals surface area (Å²) in [5.41, 5.74) is 10.8. The summed E-state index contributed by atoms with van der Waals surface area (Å²) in [5.74, 6) is 0. The predicted octanol–water partition coefficient (Wildman–Crippen LogP) is 4.12. The van der Waals surface area contributed by atoms with Gasteiger partial charge in [-0.1, -0.05) is 59.2 Å². The molecule has 0 saturated heterocycles. The Balaban J connectivity index is 2.88. The molecule has 0 fully saturated rings. The zero-order valence-electron chi connectivity index (χ0n) is 12.7. The molecule has 0 heterocycles. The minimum absolute atomic E-state index is 0.175. The molecule has 2 N–H and O–H groups in total. The quantitative estimate of drug-likeness (QED) is 0.832. The number of hydrogen-bond donors (Lipinski definition) is 1. The maximum atomic E-state index is 6.28. The molecule has 102 valence electrons. The van der Waals surface area contributed by atoms with E-state index in [-0.39, 0.29) is 11.5 Å². The van der Waals surface area contributed by atoms with Crippen LogP contribution in [0.15, 0.2) is 18.2 Å². The minimum Gasteiger partial charge on any atom is -0.327 e. The Morgan fingerprint density at radius 3 is 2.28 bits per heavy atom. The van der Waals surface area contributed by atoms with E-state index >= 15 is 0 Å². The molecule has 1 aromatic carbocycles. The van der Waals surface area contributed by atoms with Gasteiger partial charge < -0.3 is 5.73 Å². The third-order valence-electron chi connectivity index (χ3n) is 3.74. The van der Waals surface area contributed by atoms with Gasteiger partial charge in [-0.3, -0.25) is 0 Å². The van der Waals surface area contributed by atoms with Crippen molar-refractivity contribution in [3.63, 3.8) is 0 Å². The van der Waals surface area contributed by atoms with Crippen LogP contribution in [0.3, 0.4) is 0 Å². The molecular weight excluding hydrogens is 218 g/mol. The molecule has 0 aliphatic carbocycles. The fourth-order valence-electron chi connectivity index (χ4n) is 2.21. The maximum absolute atomic E-state index is 6.28. The molecule has 0 aliphatic heterocycles. The highest BCUT2D eigenvalue weighted by Gasteiger charge is 2.20. The Hall–Kier alpha value is -0.820. The first-order valence-corrected chi connectivity index (χ1v) is 7.24. The van der Waals surface area contributed by atoms with E-state index in [2.05, 4.69) is 52.8 Å². The molecule has 0 amide bonds. The third kappa shape index (κ3) is 4.13. The van der Waals surface area contributed by atoms with Gasteiger partial charge in [-0.2, -0.15) is 0 Å². The molecule has 0 saturated carbocycles. The topological polar surface area (TPSA) is 26.0 Å². The first-order chi connectivity index (χ1) is 8.38. The van der Waals surface area contributed by atoms with E-state index in [9.17, 15) is 0 Å². The van der Waals surface area contributed by atoms with Crippen LogP contribution in [0, 0.1) is 5.41 Å². The van der Waals surface area contributed by atoms with Gasteiger partial charge in [0.2, 0.25) is 0 Å². The second kappa shape index (κ2) is 6.38. The zero-order chi connectivity index (χ0) is 13.8. The largest absolute Gasteiger partial charge is 0.327 e. The summed E-state index contributed by atoms with van der Waals surface area (Å²) in [4.78, 5) is 0. The number of benzene rings is 1. The van der Waals surface area contributed by atoms with Crippen LogP contribution in [0.2, 0.25) is 0 Å². The number of aryl methyl sites for hydroxylation is 2. The van der Waals surface area contributed by atoms with Gasteiger partial charge in [-0.15, -0.1) is 0 Å². The first-order valence-electron chi connectivity index (χ1n) is 7.24. The van der Waals surface area contributed by atoms with Crippen LogP contribution in [0.1, 0.15) is 57.7 Å². The van der Waals surface area contributed by atoms with E-state index in [0.29, 0.717) is 0 Å². The molecule has 1 rings (SSSR count). The normalized spacial score (nSPS) is 13.7. The Kier molecular flexibility index (Phi) is 5.40. The van der Waals surface area contributed by atoms with Crippen LogP contribution in [0.25, 0.3) is 0 Å². The molecule has 0 bridgehead atoms. The summed E-state index contributed by atoms with van der Waals surface area (Å²) >= 11 is 0. The Labute approximate surface area is 113 Å². The van der Waals surface area contributed by atoms with Crippen molar-refractivity contribution in [1.82, 2.24) is 0 Å². The molecule has 1 atom stereocenters. The molecule has 1 heteroatoms. The lowest BCUT2D eigenvalue weighted by molar-refractivity contribution is 0.318. The fourth-order valence-corrected chi connectivity index (χ4v) is 2.21. The molecule has 0 aliphatic rings. The summed E-state index contributed by atoms with van der Waals surface area (Å²) in [5, 5.41) is 0. The Morgan fingerprint density at radius 2 is 1.78 bits per heavy atom. The molecule has 1 nitrogen and oxygen atoms in total. The van der Waals surface area contributed by atoms with Crippen LogP contribution in [-0.4, -0.2) is 6.04 Å². The lowest BCUT2D eigenvalue weighted by Crippen LogP contribution is -2.36. The van der Waals surface area contributed by atoms with Crippen LogP contribution >= 0.6 is 0 Å². The lowest BCUT2D eigenvalue weighted by Gasteiger charge is -2.27. The van der Waals surface area contributed by atoms with E-state index < -0.39 is 0 Å². The van der Waals surface area contributed by atoms with Gasteiger partial charge in [0.25, 0.3) is 0 Å². The SMILES string of the molecule is CCCc1cc(CC(N)C(C)(C)C)ccc1CC.